The summed E-state index contributed by atoms with van der Waals surface area (Å²) >= 11 is 2.11. The van der Waals surface area contributed by atoms with Crippen molar-refractivity contribution in [3.8, 4) is 0 Å². The lowest BCUT2D eigenvalue weighted by atomic mass is 10.1. The number of aromatic nitrogens is 2. The molecule has 1 N–H and O–H groups in total. The van der Waals surface area contributed by atoms with Gasteiger partial charge >= 0.3 is 0 Å². The van der Waals surface area contributed by atoms with Gasteiger partial charge in [0, 0.05) is 13.1 Å². The van der Waals surface area contributed by atoms with Crippen molar-refractivity contribution in [2.24, 2.45) is 5.92 Å². The molecule has 0 aromatic carbocycles. The van der Waals surface area contributed by atoms with E-state index in [9.17, 15) is 4.79 Å². The highest BCUT2D eigenvalue weighted by Crippen LogP contribution is 2.17. The van der Waals surface area contributed by atoms with Crippen LogP contribution in [0.2, 0.25) is 0 Å². The fraction of sp³-hybridized carbons (Fsp3) is 0.714. The minimum Gasteiger partial charge on any atom is -0.342 e. The molecular formula is C14H22IN3O. The van der Waals surface area contributed by atoms with Gasteiger partial charge in [-0.1, -0.05) is 26.7 Å². The van der Waals surface area contributed by atoms with Crippen LogP contribution in [0.3, 0.4) is 0 Å². The normalized spacial score (nSPS) is 16.7. The largest absolute Gasteiger partial charge is 0.342 e. The van der Waals surface area contributed by atoms with Crippen molar-refractivity contribution in [3.05, 3.63) is 19.6 Å². The van der Waals surface area contributed by atoms with Crippen LogP contribution in [0, 0.1) is 9.49 Å². The molecular weight excluding hydrogens is 353 g/mol. The average molecular weight is 375 g/mol. The summed E-state index contributed by atoms with van der Waals surface area (Å²) in [6.07, 6.45) is 5.81. The molecule has 1 aliphatic rings. The van der Waals surface area contributed by atoms with Crippen LogP contribution < -0.4 is 10.5 Å². The fourth-order valence-corrected chi connectivity index (χ4v) is 2.92. The van der Waals surface area contributed by atoms with E-state index >= 15 is 0 Å². The van der Waals surface area contributed by atoms with Crippen LogP contribution in [-0.4, -0.2) is 23.1 Å². The first kappa shape index (κ1) is 14.8. The molecule has 2 heterocycles. The Morgan fingerprint density at radius 3 is 2.47 bits per heavy atom. The number of anilines is 1. The Kier molecular flexibility index (Phi) is 5.24. The number of nitrogens with zero attached hydrogens (tertiary/aromatic N) is 2. The lowest BCUT2D eigenvalue weighted by Crippen LogP contribution is -2.30. The van der Waals surface area contributed by atoms with E-state index in [1.54, 1.807) is 0 Å². The number of hydrogen-bond acceptors (Lipinski definition) is 3. The predicted octanol–water partition coefficient (Wildman–Crippen LogP) is 2.95. The Morgan fingerprint density at radius 2 is 1.89 bits per heavy atom. The molecule has 19 heavy (non-hydrogen) atoms. The highest BCUT2D eigenvalue weighted by Gasteiger charge is 2.16. The van der Waals surface area contributed by atoms with Gasteiger partial charge in [-0.15, -0.1) is 0 Å². The van der Waals surface area contributed by atoms with Gasteiger partial charge in [0.1, 0.15) is 0 Å². The van der Waals surface area contributed by atoms with Gasteiger partial charge in [-0.05, 0) is 47.8 Å². The first-order valence-electron chi connectivity index (χ1n) is 7.11. The van der Waals surface area contributed by atoms with E-state index in [2.05, 4.69) is 46.3 Å². The zero-order valence-electron chi connectivity index (χ0n) is 11.7. The Bertz CT molecular complexity index is 476. The van der Waals surface area contributed by atoms with Crippen molar-refractivity contribution in [3.63, 3.8) is 0 Å². The minimum absolute atomic E-state index is 0.00509. The van der Waals surface area contributed by atoms with Gasteiger partial charge < -0.3 is 4.90 Å². The Balaban J connectivity index is 2.29. The third-order valence-corrected chi connectivity index (χ3v) is 4.54. The summed E-state index contributed by atoms with van der Waals surface area (Å²) in [7, 11) is 0. The van der Waals surface area contributed by atoms with E-state index in [4.69, 9.17) is 4.98 Å². The molecule has 0 radical (unpaired) electrons. The fourth-order valence-electron chi connectivity index (χ4n) is 2.45. The Labute approximate surface area is 128 Å². The van der Waals surface area contributed by atoms with E-state index in [1.165, 1.54) is 25.7 Å². The number of nitrogens with one attached hydrogen (secondary N) is 1. The van der Waals surface area contributed by atoms with E-state index in [-0.39, 0.29) is 5.56 Å². The molecule has 4 nitrogen and oxygen atoms in total. The molecule has 5 heteroatoms. The van der Waals surface area contributed by atoms with Gasteiger partial charge in [0.15, 0.2) is 0 Å². The monoisotopic (exact) mass is 375 g/mol. The molecule has 1 saturated heterocycles. The van der Waals surface area contributed by atoms with Crippen molar-refractivity contribution in [1.29, 1.82) is 0 Å². The first-order valence-corrected chi connectivity index (χ1v) is 8.19. The standard InChI is InChI=1S/C14H22IN3O/c1-10(2)9-11-12(15)13(19)17-14(16-11)18-7-5-3-4-6-8-18/h10H,3-9H2,1-2H3,(H,16,17,19). The van der Waals surface area contributed by atoms with Gasteiger partial charge in [-0.25, -0.2) is 4.98 Å². The molecule has 0 saturated carbocycles. The van der Waals surface area contributed by atoms with Crippen LogP contribution in [-0.2, 0) is 6.42 Å². The van der Waals surface area contributed by atoms with Gasteiger partial charge in [-0.3, -0.25) is 9.78 Å². The first-order chi connectivity index (χ1) is 9.08. The molecule has 0 aliphatic carbocycles. The van der Waals surface area contributed by atoms with Gasteiger partial charge in [0.25, 0.3) is 5.56 Å². The predicted molar refractivity (Wildman–Crippen MR) is 86.8 cm³/mol. The molecule has 0 atom stereocenters. The van der Waals surface area contributed by atoms with Gasteiger partial charge in [0.2, 0.25) is 5.95 Å². The molecule has 2 rings (SSSR count). The zero-order chi connectivity index (χ0) is 13.8. The highest BCUT2D eigenvalue weighted by atomic mass is 127. The molecule has 0 unspecified atom stereocenters. The van der Waals surface area contributed by atoms with Crippen molar-refractivity contribution >= 4 is 28.5 Å². The third kappa shape index (κ3) is 3.94. The maximum Gasteiger partial charge on any atom is 0.266 e. The number of H-pyrrole nitrogens is 1. The molecule has 1 aromatic rings. The molecule has 1 aliphatic heterocycles. The summed E-state index contributed by atoms with van der Waals surface area (Å²) in [5, 5.41) is 0. The maximum absolute atomic E-state index is 12.0. The zero-order valence-corrected chi connectivity index (χ0v) is 13.9. The third-order valence-electron chi connectivity index (χ3n) is 3.43. The molecule has 106 valence electrons. The summed E-state index contributed by atoms with van der Waals surface area (Å²) in [5.74, 6) is 1.28. The SMILES string of the molecule is CC(C)Cc1nc(N2CCCCCC2)[nH]c(=O)c1I. The van der Waals surface area contributed by atoms with Crippen molar-refractivity contribution in [1.82, 2.24) is 9.97 Å². The molecule has 0 bridgehead atoms. The van der Waals surface area contributed by atoms with E-state index in [0.717, 1.165) is 34.7 Å². The van der Waals surface area contributed by atoms with Crippen molar-refractivity contribution < 1.29 is 0 Å². The highest BCUT2D eigenvalue weighted by molar-refractivity contribution is 14.1. The smallest absolute Gasteiger partial charge is 0.266 e. The number of aromatic amines is 1. The molecule has 1 fully saturated rings. The Hall–Kier alpha value is -0.590. The second-order valence-electron chi connectivity index (χ2n) is 5.65. The lowest BCUT2D eigenvalue weighted by Gasteiger charge is -2.21. The van der Waals surface area contributed by atoms with E-state index in [0.29, 0.717) is 5.92 Å². The van der Waals surface area contributed by atoms with Crippen LogP contribution >= 0.6 is 22.6 Å². The van der Waals surface area contributed by atoms with Crippen molar-refractivity contribution in [2.45, 2.75) is 46.0 Å². The van der Waals surface area contributed by atoms with Crippen LogP contribution in [0.15, 0.2) is 4.79 Å². The topological polar surface area (TPSA) is 49.0 Å². The molecule has 0 spiro atoms. The summed E-state index contributed by atoms with van der Waals surface area (Å²) < 4.78 is 0.741. The van der Waals surface area contributed by atoms with Gasteiger partial charge in [0.05, 0.1) is 9.26 Å². The van der Waals surface area contributed by atoms with Gasteiger partial charge in [-0.2, -0.15) is 0 Å². The second kappa shape index (κ2) is 6.72. The number of halogens is 1. The lowest BCUT2D eigenvalue weighted by molar-refractivity contribution is 0.627. The summed E-state index contributed by atoms with van der Waals surface area (Å²) in [6, 6.07) is 0. The molecule has 0 amide bonds. The van der Waals surface area contributed by atoms with E-state index in [1.807, 2.05) is 0 Å². The summed E-state index contributed by atoms with van der Waals surface area (Å²) in [5.41, 5.74) is 0.948. The quantitative estimate of drug-likeness (QED) is 0.827. The summed E-state index contributed by atoms with van der Waals surface area (Å²) in [6.45, 7) is 6.32. The average Bonchev–Trinajstić information content (AvgIpc) is 2.63. The van der Waals surface area contributed by atoms with E-state index < -0.39 is 0 Å². The minimum atomic E-state index is 0.00509. The Morgan fingerprint density at radius 1 is 1.26 bits per heavy atom. The summed E-state index contributed by atoms with van der Waals surface area (Å²) in [4.78, 5) is 21.9. The molecule has 1 aromatic heterocycles. The number of rotatable bonds is 3. The maximum atomic E-state index is 12.0. The second-order valence-corrected chi connectivity index (χ2v) is 6.73. The van der Waals surface area contributed by atoms with Crippen molar-refractivity contribution in [2.75, 3.05) is 18.0 Å². The van der Waals surface area contributed by atoms with Crippen LogP contribution in [0.5, 0.6) is 0 Å². The number of hydrogen-bond donors (Lipinski definition) is 1. The van der Waals surface area contributed by atoms with Crippen LogP contribution in [0.1, 0.15) is 45.2 Å². The van der Waals surface area contributed by atoms with Crippen LogP contribution in [0.4, 0.5) is 5.95 Å². The van der Waals surface area contributed by atoms with Crippen LogP contribution in [0.25, 0.3) is 0 Å².